The van der Waals surface area contributed by atoms with Crippen LogP contribution in [0.3, 0.4) is 0 Å². The minimum atomic E-state index is 0.118. The Hall–Kier alpha value is -1.55. The van der Waals surface area contributed by atoms with E-state index in [4.69, 9.17) is 0 Å². The van der Waals surface area contributed by atoms with Gasteiger partial charge in [-0.1, -0.05) is 6.92 Å². The maximum absolute atomic E-state index is 12.3. The van der Waals surface area contributed by atoms with Crippen LogP contribution in [0.5, 0.6) is 0 Å². The van der Waals surface area contributed by atoms with Crippen LogP contribution in [-0.4, -0.2) is 43.5 Å². The number of nitrogens with zero attached hydrogens (tertiary/aromatic N) is 2. The zero-order valence-corrected chi connectivity index (χ0v) is 15.8. The monoisotopic (exact) mass is 331 g/mol. The Morgan fingerprint density at radius 1 is 1.25 bits per heavy atom. The van der Waals surface area contributed by atoms with Gasteiger partial charge in [-0.05, 0) is 76.4 Å². The summed E-state index contributed by atoms with van der Waals surface area (Å²) >= 11 is 0. The number of rotatable bonds is 7. The Morgan fingerprint density at radius 2 is 1.92 bits per heavy atom. The molecule has 1 aliphatic heterocycles. The van der Waals surface area contributed by atoms with Crippen molar-refractivity contribution in [3.05, 3.63) is 23.8 Å². The van der Waals surface area contributed by atoms with Crippen molar-refractivity contribution in [1.29, 1.82) is 0 Å². The predicted octanol–water partition coefficient (Wildman–Crippen LogP) is 3.90. The van der Waals surface area contributed by atoms with Gasteiger partial charge in [-0.15, -0.1) is 0 Å². The van der Waals surface area contributed by atoms with Crippen LogP contribution in [0, 0.1) is 12.8 Å². The van der Waals surface area contributed by atoms with Crippen molar-refractivity contribution in [3.63, 3.8) is 0 Å². The Morgan fingerprint density at radius 3 is 2.50 bits per heavy atom. The van der Waals surface area contributed by atoms with Crippen molar-refractivity contribution in [2.75, 3.05) is 42.9 Å². The lowest BCUT2D eigenvalue weighted by Crippen LogP contribution is -2.35. The van der Waals surface area contributed by atoms with Crippen LogP contribution in [0.2, 0.25) is 0 Å². The summed E-state index contributed by atoms with van der Waals surface area (Å²) < 4.78 is 0. The van der Waals surface area contributed by atoms with E-state index in [-0.39, 0.29) is 5.91 Å². The molecule has 1 N–H and O–H groups in total. The molecule has 0 saturated carbocycles. The maximum atomic E-state index is 12.3. The molecule has 134 valence electrons. The van der Waals surface area contributed by atoms with E-state index in [9.17, 15) is 4.79 Å². The number of carbonyl (C=O) groups is 1. The molecule has 24 heavy (non-hydrogen) atoms. The number of likely N-dealkylation sites (tertiary alicyclic amines) is 1. The van der Waals surface area contributed by atoms with Crippen LogP contribution < -0.4 is 10.2 Å². The molecule has 4 heteroatoms. The zero-order valence-electron chi connectivity index (χ0n) is 15.8. The number of aryl methyl sites for hydroxylation is 1. The summed E-state index contributed by atoms with van der Waals surface area (Å²) in [7, 11) is 0. The van der Waals surface area contributed by atoms with Crippen molar-refractivity contribution in [2.45, 2.75) is 47.0 Å². The van der Waals surface area contributed by atoms with E-state index >= 15 is 0 Å². The van der Waals surface area contributed by atoms with E-state index in [0.717, 1.165) is 49.9 Å². The Kier molecular flexibility index (Phi) is 7.10. The lowest BCUT2D eigenvalue weighted by molar-refractivity contribution is -0.116. The predicted molar refractivity (Wildman–Crippen MR) is 103 cm³/mol. The Bertz CT molecular complexity index is 532. The molecule has 1 aliphatic rings. The topological polar surface area (TPSA) is 35.6 Å². The Labute approximate surface area is 147 Å². The molecule has 1 heterocycles. The van der Waals surface area contributed by atoms with Gasteiger partial charge in [0.25, 0.3) is 0 Å². The van der Waals surface area contributed by atoms with Gasteiger partial charge < -0.3 is 15.1 Å². The second-order valence-electron chi connectivity index (χ2n) is 6.99. The second-order valence-corrected chi connectivity index (χ2v) is 6.99. The smallest absolute Gasteiger partial charge is 0.225 e. The number of hydrogen-bond acceptors (Lipinski definition) is 3. The van der Waals surface area contributed by atoms with Crippen molar-refractivity contribution >= 4 is 17.3 Å². The molecule has 0 spiro atoms. The fourth-order valence-electron chi connectivity index (χ4n) is 3.33. The van der Waals surface area contributed by atoms with Crippen LogP contribution in [-0.2, 0) is 4.79 Å². The van der Waals surface area contributed by atoms with E-state index in [1.165, 1.54) is 18.5 Å². The molecular formula is C20H33N3O. The van der Waals surface area contributed by atoms with Gasteiger partial charge in [0, 0.05) is 37.4 Å². The third-order valence-electron chi connectivity index (χ3n) is 5.14. The zero-order chi connectivity index (χ0) is 17.5. The van der Waals surface area contributed by atoms with Gasteiger partial charge in [0.05, 0.1) is 0 Å². The minimum Gasteiger partial charge on any atom is -0.372 e. The van der Waals surface area contributed by atoms with Gasteiger partial charge in [0.2, 0.25) is 5.91 Å². The van der Waals surface area contributed by atoms with E-state index in [2.05, 4.69) is 54.9 Å². The van der Waals surface area contributed by atoms with Crippen molar-refractivity contribution in [2.24, 2.45) is 5.92 Å². The van der Waals surface area contributed by atoms with Crippen LogP contribution in [0.4, 0.5) is 11.4 Å². The van der Waals surface area contributed by atoms with Gasteiger partial charge >= 0.3 is 0 Å². The van der Waals surface area contributed by atoms with Crippen LogP contribution in [0.15, 0.2) is 18.2 Å². The molecule has 2 rings (SSSR count). The third kappa shape index (κ3) is 5.23. The van der Waals surface area contributed by atoms with E-state index in [1.54, 1.807) is 0 Å². The van der Waals surface area contributed by atoms with E-state index in [1.807, 2.05) is 6.07 Å². The summed E-state index contributed by atoms with van der Waals surface area (Å²) in [6.07, 6.45) is 3.09. The highest BCUT2D eigenvalue weighted by Crippen LogP contribution is 2.23. The standard InChI is InChI=1S/C20H33N3O/c1-5-23(6-2)18-7-8-19(17(4)15-18)21-20(24)11-14-22-12-9-16(3)10-13-22/h7-8,15-16H,5-6,9-14H2,1-4H3,(H,21,24). The molecule has 1 aromatic rings. The lowest BCUT2D eigenvalue weighted by Gasteiger charge is -2.29. The summed E-state index contributed by atoms with van der Waals surface area (Å²) in [5, 5.41) is 3.08. The van der Waals surface area contributed by atoms with Crippen molar-refractivity contribution in [1.82, 2.24) is 4.90 Å². The molecule has 1 amide bonds. The molecule has 0 atom stereocenters. The maximum Gasteiger partial charge on any atom is 0.225 e. The van der Waals surface area contributed by atoms with Crippen molar-refractivity contribution in [3.8, 4) is 0 Å². The molecule has 0 aliphatic carbocycles. The van der Waals surface area contributed by atoms with Crippen LogP contribution in [0.25, 0.3) is 0 Å². The summed E-state index contributed by atoms with van der Waals surface area (Å²) in [4.78, 5) is 17.0. The first-order chi connectivity index (χ1) is 11.5. The Balaban J connectivity index is 1.85. The fourth-order valence-corrected chi connectivity index (χ4v) is 3.33. The van der Waals surface area contributed by atoms with Gasteiger partial charge in [-0.2, -0.15) is 0 Å². The third-order valence-corrected chi connectivity index (χ3v) is 5.14. The number of piperidine rings is 1. The number of carbonyl (C=O) groups excluding carboxylic acids is 1. The van der Waals surface area contributed by atoms with Gasteiger partial charge in [-0.25, -0.2) is 0 Å². The first-order valence-electron chi connectivity index (χ1n) is 9.41. The fraction of sp³-hybridized carbons (Fsp3) is 0.650. The molecule has 0 bridgehead atoms. The number of amides is 1. The highest BCUT2D eigenvalue weighted by Gasteiger charge is 2.16. The first-order valence-corrected chi connectivity index (χ1v) is 9.41. The largest absolute Gasteiger partial charge is 0.372 e. The second kappa shape index (κ2) is 9.07. The summed E-state index contributed by atoms with van der Waals surface area (Å²) in [5.74, 6) is 0.953. The highest BCUT2D eigenvalue weighted by atomic mass is 16.1. The molecular weight excluding hydrogens is 298 g/mol. The molecule has 0 aromatic heterocycles. The molecule has 0 unspecified atom stereocenters. The number of hydrogen-bond donors (Lipinski definition) is 1. The number of nitrogens with one attached hydrogen (secondary N) is 1. The van der Waals surface area contributed by atoms with Crippen LogP contribution >= 0.6 is 0 Å². The lowest BCUT2D eigenvalue weighted by atomic mass is 9.99. The molecule has 1 saturated heterocycles. The van der Waals surface area contributed by atoms with E-state index < -0.39 is 0 Å². The van der Waals surface area contributed by atoms with E-state index in [0.29, 0.717) is 6.42 Å². The molecule has 1 fully saturated rings. The summed E-state index contributed by atoms with van der Waals surface area (Å²) in [6.45, 7) is 13.8. The summed E-state index contributed by atoms with van der Waals surface area (Å²) in [5.41, 5.74) is 3.28. The quantitative estimate of drug-likeness (QED) is 0.823. The van der Waals surface area contributed by atoms with Crippen molar-refractivity contribution < 1.29 is 4.79 Å². The average molecular weight is 332 g/mol. The van der Waals surface area contributed by atoms with Crippen LogP contribution in [0.1, 0.15) is 45.6 Å². The number of benzene rings is 1. The molecule has 1 aromatic carbocycles. The van der Waals surface area contributed by atoms with Gasteiger partial charge in [-0.3, -0.25) is 4.79 Å². The average Bonchev–Trinajstić information content (AvgIpc) is 2.58. The molecule has 4 nitrogen and oxygen atoms in total. The normalized spacial score (nSPS) is 16.2. The first kappa shape index (κ1) is 18.8. The SMILES string of the molecule is CCN(CC)c1ccc(NC(=O)CCN2CCC(C)CC2)c(C)c1. The summed E-state index contributed by atoms with van der Waals surface area (Å²) in [6, 6.07) is 6.29. The number of anilines is 2. The van der Waals surface area contributed by atoms with Gasteiger partial charge in [0.1, 0.15) is 0 Å². The molecule has 0 radical (unpaired) electrons. The minimum absolute atomic E-state index is 0.118. The highest BCUT2D eigenvalue weighted by molar-refractivity contribution is 5.91. The van der Waals surface area contributed by atoms with Gasteiger partial charge in [0.15, 0.2) is 0 Å².